The lowest BCUT2D eigenvalue weighted by molar-refractivity contribution is 0.397. The molecule has 0 N–H and O–H groups in total. The highest BCUT2D eigenvalue weighted by Gasteiger charge is 2.05. The quantitative estimate of drug-likeness (QED) is 0.723. The van der Waals surface area contributed by atoms with Gasteiger partial charge in [-0.05, 0) is 24.3 Å². The van der Waals surface area contributed by atoms with Crippen molar-refractivity contribution in [2.75, 3.05) is 0 Å². The minimum atomic E-state index is 0.192. The third-order valence-corrected chi connectivity index (χ3v) is 2.43. The zero-order chi connectivity index (χ0) is 13.6. The van der Waals surface area contributed by atoms with Gasteiger partial charge in [0.15, 0.2) is 0 Å². The topological polar surface area (TPSA) is 57.1 Å². The highest BCUT2D eigenvalue weighted by molar-refractivity contribution is 5.26. The number of hydrogen-bond acceptors (Lipinski definition) is 5. The Labute approximate surface area is 115 Å². The van der Waals surface area contributed by atoms with Crippen molar-refractivity contribution < 1.29 is 9.47 Å². The lowest BCUT2D eigenvalue weighted by atomic mass is 10.3. The van der Waals surface area contributed by atoms with Gasteiger partial charge in [-0.2, -0.15) is 9.97 Å². The lowest BCUT2D eigenvalue weighted by Gasteiger charge is -2.05. The highest BCUT2D eigenvalue weighted by atomic mass is 16.5. The van der Waals surface area contributed by atoms with E-state index in [0.717, 1.165) is 0 Å². The summed E-state index contributed by atoms with van der Waals surface area (Å²) in [6.07, 6.45) is 1.35. The van der Waals surface area contributed by atoms with Gasteiger partial charge in [0.05, 0.1) is 0 Å². The molecule has 3 rings (SSSR count). The molecule has 0 unspecified atom stereocenters. The van der Waals surface area contributed by atoms with Gasteiger partial charge >= 0.3 is 12.0 Å². The predicted molar refractivity (Wildman–Crippen MR) is 72.9 cm³/mol. The summed E-state index contributed by atoms with van der Waals surface area (Å²) in [7, 11) is 0. The van der Waals surface area contributed by atoms with E-state index < -0.39 is 0 Å². The molecule has 0 bridgehead atoms. The van der Waals surface area contributed by atoms with Gasteiger partial charge in [-0.3, -0.25) is 0 Å². The molecule has 98 valence electrons. The molecule has 0 saturated carbocycles. The average molecular weight is 265 g/mol. The maximum Gasteiger partial charge on any atom is 0.328 e. The third kappa shape index (κ3) is 3.08. The van der Waals surface area contributed by atoms with Crippen LogP contribution < -0.4 is 9.47 Å². The molecule has 0 fully saturated rings. The van der Waals surface area contributed by atoms with Gasteiger partial charge in [-0.1, -0.05) is 36.4 Å². The Morgan fingerprint density at radius 1 is 0.600 bits per heavy atom. The van der Waals surface area contributed by atoms with Crippen LogP contribution in [0.5, 0.6) is 23.5 Å². The van der Waals surface area contributed by atoms with Gasteiger partial charge in [0, 0.05) is 0 Å². The number of para-hydroxylation sites is 2. The highest BCUT2D eigenvalue weighted by Crippen LogP contribution is 2.20. The van der Waals surface area contributed by atoms with E-state index in [1.54, 1.807) is 0 Å². The number of ether oxygens (including phenoxy) is 2. The van der Waals surface area contributed by atoms with Crippen molar-refractivity contribution in [3.05, 3.63) is 67.0 Å². The Morgan fingerprint density at radius 2 is 1.05 bits per heavy atom. The molecule has 5 nitrogen and oxygen atoms in total. The molecule has 0 aliphatic rings. The molecule has 2 aromatic carbocycles. The molecular weight excluding hydrogens is 254 g/mol. The van der Waals surface area contributed by atoms with E-state index in [-0.39, 0.29) is 12.0 Å². The Balaban J connectivity index is 1.76. The fourth-order valence-electron chi connectivity index (χ4n) is 1.55. The van der Waals surface area contributed by atoms with E-state index >= 15 is 0 Å². The molecule has 0 saturated heterocycles. The van der Waals surface area contributed by atoms with Gasteiger partial charge in [0.25, 0.3) is 0 Å². The Bertz CT molecular complexity index is 618. The van der Waals surface area contributed by atoms with Gasteiger partial charge in [0.1, 0.15) is 17.8 Å². The maximum absolute atomic E-state index is 5.51. The zero-order valence-corrected chi connectivity index (χ0v) is 10.5. The average Bonchev–Trinajstić information content (AvgIpc) is 2.50. The van der Waals surface area contributed by atoms with Crippen molar-refractivity contribution in [1.29, 1.82) is 0 Å². The standard InChI is InChI=1S/C15H11N3O2/c1-3-7-12(8-4-1)19-14-16-11-17-15(18-14)20-13-9-5-2-6-10-13/h1-11H. The van der Waals surface area contributed by atoms with E-state index in [4.69, 9.17) is 9.47 Å². The molecular formula is C15H11N3O2. The Morgan fingerprint density at radius 3 is 1.50 bits per heavy atom. The second-order valence-corrected chi connectivity index (χ2v) is 3.88. The van der Waals surface area contributed by atoms with E-state index in [0.29, 0.717) is 11.5 Å². The molecule has 0 aliphatic carbocycles. The fourth-order valence-corrected chi connectivity index (χ4v) is 1.55. The fraction of sp³-hybridized carbons (Fsp3) is 0. The van der Waals surface area contributed by atoms with E-state index in [1.807, 2.05) is 60.7 Å². The summed E-state index contributed by atoms with van der Waals surface area (Å²) in [4.78, 5) is 12.0. The van der Waals surface area contributed by atoms with Crippen LogP contribution in [0, 0.1) is 0 Å². The van der Waals surface area contributed by atoms with Crippen LogP contribution in [0.1, 0.15) is 0 Å². The number of nitrogens with zero attached hydrogens (tertiary/aromatic N) is 3. The number of benzene rings is 2. The number of aromatic nitrogens is 3. The Hall–Kier alpha value is -2.95. The van der Waals surface area contributed by atoms with Crippen LogP contribution in [0.4, 0.5) is 0 Å². The minimum Gasteiger partial charge on any atom is -0.424 e. The second-order valence-electron chi connectivity index (χ2n) is 3.88. The largest absolute Gasteiger partial charge is 0.424 e. The van der Waals surface area contributed by atoms with E-state index in [1.165, 1.54) is 6.33 Å². The van der Waals surface area contributed by atoms with Gasteiger partial charge in [-0.15, -0.1) is 4.98 Å². The van der Waals surface area contributed by atoms with Gasteiger partial charge < -0.3 is 9.47 Å². The monoisotopic (exact) mass is 265 g/mol. The van der Waals surface area contributed by atoms with Crippen molar-refractivity contribution in [3.63, 3.8) is 0 Å². The minimum absolute atomic E-state index is 0.192. The van der Waals surface area contributed by atoms with Gasteiger partial charge in [-0.25, -0.2) is 0 Å². The first-order valence-corrected chi connectivity index (χ1v) is 6.05. The van der Waals surface area contributed by atoms with Crippen molar-refractivity contribution in [2.24, 2.45) is 0 Å². The molecule has 5 heteroatoms. The summed E-state index contributed by atoms with van der Waals surface area (Å²) in [5, 5.41) is 0. The zero-order valence-electron chi connectivity index (χ0n) is 10.5. The molecule has 0 radical (unpaired) electrons. The third-order valence-electron chi connectivity index (χ3n) is 2.43. The Kier molecular flexibility index (Phi) is 3.51. The molecule has 1 heterocycles. The summed E-state index contributed by atoms with van der Waals surface area (Å²) in [6, 6.07) is 19.0. The molecule has 20 heavy (non-hydrogen) atoms. The summed E-state index contributed by atoms with van der Waals surface area (Å²) < 4.78 is 11.0. The number of hydrogen-bond donors (Lipinski definition) is 0. The van der Waals surface area contributed by atoms with Crippen LogP contribution >= 0.6 is 0 Å². The summed E-state index contributed by atoms with van der Waals surface area (Å²) in [6.45, 7) is 0. The first kappa shape index (κ1) is 12.1. The van der Waals surface area contributed by atoms with Gasteiger partial charge in [0.2, 0.25) is 0 Å². The molecule has 1 aromatic heterocycles. The smallest absolute Gasteiger partial charge is 0.328 e. The van der Waals surface area contributed by atoms with Crippen LogP contribution in [-0.2, 0) is 0 Å². The summed E-state index contributed by atoms with van der Waals surface area (Å²) in [5.41, 5.74) is 0. The molecule has 0 spiro atoms. The van der Waals surface area contributed by atoms with Crippen molar-refractivity contribution in [3.8, 4) is 23.5 Å². The lowest BCUT2D eigenvalue weighted by Crippen LogP contribution is -1.96. The van der Waals surface area contributed by atoms with E-state index in [9.17, 15) is 0 Å². The molecule has 0 amide bonds. The van der Waals surface area contributed by atoms with Crippen molar-refractivity contribution in [1.82, 2.24) is 15.0 Å². The maximum atomic E-state index is 5.51. The van der Waals surface area contributed by atoms with Crippen LogP contribution in [0.15, 0.2) is 67.0 Å². The van der Waals surface area contributed by atoms with Crippen LogP contribution in [0.3, 0.4) is 0 Å². The first-order chi connectivity index (χ1) is 9.90. The molecule has 0 atom stereocenters. The molecule has 3 aromatic rings. The first-order valence-electron chi connectivity index (χ1n) is 6.05. The van der Waals surface area contributed by atoms with Crippen LogP contribution in [0.25, 0.3) is 0 Å². The second kappa shape index (κ2) is 5.79. The van der Waals surface area contributed by atoms with E-state index in [2.05, 4.69) is 15.0 Å². The van der Waals surface area contributed by atoms with Crippen molar-refractivity contribution in [2.45, 2.75) is 0 Å². The number of rotatable bonds is 4. The summed E-state index contributed by atoms with van der Waals surface area (Å²) in [5.74, 6) is 1.31. The predicted octanol–water partition coefficient (Wildman–Crippen LogP) is 3.46. The normalized spacial score (nSPS) is 10.0. The SMILES string of the molecule is c1ccc(Oc2ncnc(Oc3ccccc3)n2)cc1. The van der Waals surface area contributed by atoms with Crippen LogP contribution in [0.2, 0.25) is 0 Å². The molecule has 0 aliphatic heterocycles. The summed E-state index contributed by atoms with van der Waals surface area (Å²) >= 11 is 0. The van der Waals surface area contributed by atoms with Crippen molar-refractivity contribution >= 4 is 0 Å². The van der Waals surface area contributed by atoms with Crippen LogP contribution in [-0.4, -0.2) is 15.0 Å².